The summed E-state index contributed by atoms with van der Waals surface area (Å²) in [5.74, 6) is -0.462. The molecule has 0 saturated heterocycles. The number of hydrogen-bond acceptors (Lipinski definition) is 4. The maximum Gasteiger partial charge on any atom is 0.285 e. The number of rotatable bonds is 3. The summed E-state index contributed by atoms with van der Waals surface area (Å²) in [5, 5.41) is 16.1. The van der Waals surface area contributed by atoms with Crippen molar-refractivity contribution in [3.05, 3.63) is 54.9 Å². The first-order valence-corrected chi connectivity index (χ1v) is 7.74. The summed E-state index contributed by atoms with van der Waals surface area (Å²) in [6.45, 7) is 3.02. The quantitative estimate of drug-likeness (QED) is 0.865. The van der Waals surface area contributed by atoms with E-state index in [2.05, 4.69) is 26.3 Å². The average Bonchev–Trinajstić information content (AvgIpc) is 2.48. The zero-order valence-corrected chi connectivity index (χ0v) is 14.7. The molecule has 0 aliphatic rings. The van der Waals surface area contributed by atoms with E-state index < -0.39 is 11.5 Å². The van der Waals surface area contributed by atoms with Crippen molar-refractivity contribution in [2.45, 2.75) is 20.4 Å². The van der Waals surface area contributed by atoms with Crippen LogP contribution in [0, 0.1) is 25.2 Å². The van der Waals surface area contributed by atoms with Gasteiger partial charge in [0.25, 0.3) is 5.56 Å². The Labute approximate surface area is 145 Å². The fraction of sp³-hybridized carbons (Fsp3) is 0.200. The number of carbonyl (C=O) groups excluding carboxylic acids is 1. The van der Waals surface area contributed by atoms with Gasteiger partial charge in [0.2, 0.25) is 5.91 Å². The highest BCUT2D eigenvalue weighted by Gasteiger charge is 2.14. The van der Waals surface area contributed by atoms with Crippen LogP contribution in [0.4, 0.5) is 5.69 Å². The molecule has 0 unspecified atom stereocenters. The van der Waals surface area contributed by atoms with Crippen LogP contribution in [0.5, 0.6) is 0 Å². The van der Waals surface area contributed by atoms with E-state index >= 15 is 0 Å². The first-order valence-electron chi connectivity index (χ1n) is 6.56. The molecule has 0 spiro atoms. The number of amides is 1. The van der Waals surface area contributed by atoms with E-state index in [0.717, 1.165) is 9.15 Å². The highest BCUT2D eigenvalue weighted by Crippen LogP contribution is 2.25. The van der Waals surface area contributed by atoms with Gasteiger partial charge in [0, 0.05) is 4.47 Å². The maximum absolute atomic E-state index is 12.1. The number of anilines is 1. The lowest BCUT2D eigenvalue weighted by Crippen LogP contribution is -2.32. The third-order valence-electron chi connectivity index (χ3n) is 3.25. The molecule has 2 aromatic rings. The zero-order chi connectivity index (χ0) is 17.1. The SMILES string of the molecule is Cc1nn(CC(=O)Nc2ccc(Br)cc2Cl)c(=O)c(C#N)c1C. The molecule has 0 radical (unpaired) electrons. The monoisotopic (exact) mass is 394 g/mol. The van der Waals surface area contributed by atoms with Gasteiger partial charge in [0.05, 0.1) is 16.4 Å². The molecule has 8 heteroatoms. The van der Waals surface area contributed by atoms with Crippen molar-refractivity contribution in [2.75, 3.05) is 5.32 Å². The molecule has 0 aliphatic carbocycles. The molecule has 1 aromatic carbocycles. The van der Waals surface area contributed by atoms with Gasteiger partial charge in [-0.05, 0) is 37.6 Å². The summed E-state index contributed by atoms with van der Waals surface area (Å²) < 4.78 is 1.76. The second-order valence-electron chi connectivity index (χ2n) is 4.83. The Hall–Kier alpha value is -2.17. The Kier molecular flexibility index (Phi) is 5.19. The lowest BCUT2D eigenvalue weighted by molar-refractivity contribution is -0.117. The Morgan fingerprint density at radius 2 is 2.17 bits per heavy atom. The van der Waals surface area contributed by atoms with Crippen molar-refractivity contribution >= 4 is 39.1 Å². The van der Waals surface area contributed by atoms with Crippen LogP contribution < -0.4 is 10.9 Å². The average molecular weight is 396 g/mol. The molecule has 118 valence electrons. The fourth-order valence-electron chi connectivity index (χ4n) is 1.93. The zero-order valence-electron chi connectivity index (χ0n) is 12.4. The second kappa shape index (κ2) is 6.94. The van der Waals surface area contributed by atoms with Crippen molar-refractivity contribution in [2.24, 2.45) is 0 Å². The Morgan fingerprint density at radius 3 is 2.78 bits per heavy atom. The van der Waals surface area contributed by atoms with Gasteiger partial charge >= 0.3 is 0 Å². The standard InChI is InChI=1S/C15H12BrClN4O2/c1-8-9(2)20-21(15(23)11(8)6-18)7-14(22)19-13-4-3-10(16)5-12(13)17/h3-5H,7H2,1-2H3,(H,19,22). The number of nitriles is 1. The molecule has 2 rings (SSSR count). The van der Waals surface area contributed by atoms with Crippen molar-refractivity contribution in [1.82, 2.24) is 9.78 Å². The number of hydrogen-bond donors (Lipinski definition) is 1. The Morgan fingerprint density at radius 1 is 1.48 bits per heavy atom. The Balaban J connectivity index is 2.26. The molecule has 6 nitrogen and oxygen atoms in total. The van der Waals surface area contributed by atoms with Crippen LogP contribution >= 0.6 is 27.5 Å². The topological polar surface area (TPSA) is 87.8 Å². The van der Waals surface area contributed by atoms with Gasteiger partial charge in [-0.25, -0.2) is 4.68 Å². The van der Waals surface area contributed by atoms with Crippen LogP contribution in [-0.4, -0.2) is 15.7 Å². The summed E-state index contributed by atoms with van der Waals surface area (Å²) in [4.78, 5) is 24.2. The van der Waals surface area contributed by atoms with Gasteiger partial charge in [0.1, 0.15) is 18.2 Å². The second-order valence-corrected chi connectivity index (χ2v) is 6.16. The third kappa shape index (κ3) is 3.78. The van der Waals surface area contributed by atoms with Crippen LogP contribution in [-0.2, 0) is 11.3 Å². The summed E-state index contributed by atoms with van der Waals surface area (Å²) >= 11 is 9.30. The molecule has 1 heterocycles. The number of carbonyl (C=O) groups is 1. The third-order valence-corrected chi connectivity index (χ3v) is 4.05. The van der Waals surface area contributed by atoms with Crippen molar-refractivity contribution in [3.63, 3.8) is 0 Å². The van der Waals surface area contributed by atoms with E-state index in [1.165, 1.54) is 0 Å². The van der Waals surface area contributed by atoms with Gasteiger partial charge in [0.15, 0.2) is 0 Å². The summed E-state index contributed by atoms with van der Waals surface area (Å²) in [5.41, 5.74) is 0.873. The minimum atomic E-state index is -0.590. The lowest BCUT2D eigenvalue weighted by Gasteiger charge is -2.10. The number of aryl methyl sites for hydroxylation is 1. The lowest BCUT2D eigenvalue weighted by atomic mass is 10.1. The fourth-order valence-corrected chi connectivity index (χ4v) is 2.65. The van der Waals surface area contributed by atoms with Crippen LogP contribution in [0.2, 0.25) is 5.02 Å². The maximum atomic E-state index is 12.1. The highest BCUT2D eigenvalue weighted by atomic mass is 79.9. The van der Waals surface area contributed by atoms with E-state index in [4.69, 9.17) is 16.9 Å². The number of nitrogens with one attached hydrogen (secondary N) is 1. The predicted molar refractivity (Wildman–Crippen MR) is 90.5 cm³/mol. The number of aromatic nitrogens is 2. The first-order chi connectivity index (χ1) is 10.8. The van der Waals surface area contributed by atoms with Gasteiger partial charge in [-0.3, -0.25) is 9.59 Å². The number of nitrogens with zero attached hydrogens (tertiary/aromatic N) is 3. The van der Waals surface area contributed by atoms with Crippen LogP contribution in [0.25, 0.3) is 0 Å². The predicted octanol–water partition coefficient (Wildman–Crippen LogP) is 2.79. The molecule has 0 bridgehead atoms. The first kappa shape index (κ1) is 17.2. The largest absolute Gasteiger partial charge is 0.323 e. The summed E-state index contributed by atoms with van der Waals surface area (Å²) in [7, 11) is 0. The molecule has 0 atom stereocenters. The van der Waals surface area contributed by atoms with Crippen LogP contribution in [0.15, 0.2) is 27.5 Å². The summed E-state index contributed by atoms with van der Waals surface area (Å²) in [6.07, 6.45) is 0. The molecule has 1 amide bonds. The Bertz CT molecular complexity index is 886. The molecular weight excluding hydrogens is 384 g/mol. The number of benzene rings is 1. The van der Waals surface area contributed by atoms with E-state index in [9.17, 15) is 9.59 Å². The molecule has 1 aromatic heterocycles. The van der Waals surface area contributed by atoms with Gasteiger partial charge in [-0.2, -0.15) is 10.4 Å². The normalized spacial score (nSPS) is 10.2. The molecule has 0 saturated carbocycles. The van der Waals surface area contributed by atoms with E-state index in [-0.39, 0.29) is 12.1 Å². The molecule has 1 N–H and O–H groups in total. The molecular formula is C15H12BrClN4O2. The molecule has 0 aliphatic heterocycles. The number of halogens is 2. The van der Waals surface area contributed by atoms with Crippen LogP contribution in [0.1, 0.15) is 16.8 Å². The van der Waals surface area contributed by atoms with Crippen LogP contribution in [0.3, 0.4) is 0 Å². The van der Waals surface area contributed by atoms with Gasteiger partial charge in [-0.15, -0.1) is 0 Å². The summed E-state index contributed by atoms with van der Waals surface area (Å²) in [6, 6.07) is 6.87. The van der Waals surface area contributed by atoms with Gasteiger partial charge in [-0.1, -0.05) is 27.5 Å². The minimum Gasteiger partial charge on any atom is -0.323 e. The molecule has 23 heavy (non-hydrogen) atoms. The highest BCUT2D eigenvalue weighted by molar-refractivity contribution is 9.10. The van der Waals surface area contributed by atoms with Crippen molar-refractivity contribution < 1.29 is 4.79 Å². The van der Waals surface area contributed by atoms with E-state index in [1.807, 2.05) is 6.07 Å². The minimum absolute atomic E-state index is 0.00743. The van der Waals surface area contributed by atoms with E-state index in [0.29, 0.717) is 22.0 Å². The molecule has 0 fully saturated rings. The van der Waals surface area contributed by atoms with Gasteiger partial charge < -0.3 is 5.32 Å². The smallest absolute Gasteiger partial charge is 0.285 e. The van der Waals surface area contributed by atoms with Crippen molar-refractivity contribution in [1.29, 1.82) is 5.26 Å². The van der Waals surface area contributed by atoms with E-state index in [1.54, 1.807) is 32.0 Å². The van der Waals surface area contributed by atoms with Crippen molar-refractivity contribution in [3.8, 4) is 6.07 Å².